The van der Waals surface area contributed by atoms with Gasteiger partial charge in [-0.05, 0) is 43.0 Å². The molecule has 1 fully saturated rings. The zero-order valence-corrected chi connectivity index (χ0v) is 11.7. The van der Waals surface area contributed by atoms with Gasteiger partial charge in [0.1, 0.15) is 0 Å². The van der Waals surface area contributed by atoms with Crippen molar-refractivity contribution in [2.24, 2.45) is 5.41 Å². The first-order valence-corrected chi connectivity index (χ1v) is 7.05. The Labute approximate surface area is 118 Å². The van der Waals surface area contributed by atoms with Crippen molar-refractivity contribution in [3.8, 4) is 11.5 Å². The van der Waals surface area contributed by atoms with Gasteiger partial charge in [-0.25, -0.2) is 0 Å². The molecule has 1 unspecified atom stereocenters. The predicted molar refractivity (Wildman–Crippen MR) is 75.1 cm³/mol. The number of amides is 1. The molecule has 2 aliphatic heterocycles. The highest BCUT2D eigenvalue weighted by Crippen LogP contribution is 2.32. The minimum Gasteiger partial charge on any atom is -0.454 e. The fourth-order valence-electron chi connectivity index (χ4n) is 2.70. The Hall–Kier alpha value is -1.75. The van der Waals surface area contributed by atoms with Gasteiger partial charge in [-0.15, -0.1) is 0 Å². The molecule has 0 saturated carbocycles. The van der Waals surface area contributed by atoms with Gasteiger partial charge in [0.25, 0.3) is 5.91 Å². The van der Waals surface area contributed by atoms with Crippen LogP contribution in [-0.4, -0.2) is 32.3 Å². The second-order valence-electron chi connectivity index (χ2n) is 5.84. The molecule has 3 rings (SSSR count). The maximum atomic E-state index is 12.2. The largest absolute Gasteiger partial charge is 0.454 e. The molecule has 1 aromatic rings. The van der Waals surface area contributed by atoms with Crippen molar-refractivity contribution >= 4 is 5.91 Å². The number of hydrogen-bond donors (Lipinski definition) is 2. The number of fused-ring (bicyclic) bond motifs is 1. The van der Waals surface area contributed by atoms with E-state index in [-0.39, 0.29) is 18.1 Å². The number of carbonyl (C=O) groups is 1. The van der Waals surface area contributed by atoms with Crippen LogP contribution in [0.2, 0.25) is 0 Å². The Morgan fingerprint density at radius 2 is 2.25 bits per heavy atom. The number of carbonyl (C=O) groups excluding carboxylic acids is 1. The highest BCUT2D eigenvalue weighted by Gasteiger charge is 2.27. The number of benzene rings is 1. The molecule has 0 aromatic heterocycles. The first-order valence-electron chi connectivity index (χ1n) is 7.05. The summed E-state index contributed by atoms with van der Waals surface area (Å²) in [7, 11) is 0. The molecular formula is C15H20N2O3. The summed E-state index contributed by atoms with van der Waals surface area (Å²) in [4.78, 5) is 12.2. The van der Waals surface area contributed by atoms with E-state index in [2.05, 4.69) is 17.6 Å². The van der Waals surface area contributed by atoms with Crippen LogP contribution in [0.4, 0.5) is 0 Å². The van der Waals surface area contributed by atoms with Crippen molar-refractivity contribution in [1.82, 2.24) is 10.6 Å². The van der Waals surface area contributed by atoms with Crippen LogP contribution in [0.15, 0.2) is 18.2 Å². The molecular weight excluding hydrogens is 256 g/mol. The lowest BCUT2D eigenvalue weighted by molar-refractivity contribution is 0.0924. The third kappa shape index (κ3) is 2.72. The van der Waals surface area contributed by atoms with E-state index in [1.807, 2.05) is 0 Å². The van der Waals surface area contributed by atoms with E-state index < -0.39 is 0 Å². The average Bonchev–Trinajstić information content (AvgIpc) is 2.93. The second kappa shape index (κ2) is 5.32. The molecule has 2 N–H and O–H groups in total. The third-order valence-corrected chi connectivity index (χ3v) is 4.00. The van der Waals surface area contributed by atoms with E-state index in [9.17, 15) is 4.79 Å². The Kier molecular flexibility index (Phi) is 3.53. The van der Waals surface area contributed by atoms with Crippen molar-refractivity contribution in [3.05, 3.63) is 23.8 Å². The maximum Gasteiger partial charge on any atom is 0.251 e. The first-order chi connectivity index (χ1) is 9.66. The van der Waals surface area contributed by atoms with Gasteiger partial charge < -0.3 is 20.1 Å². The number of rotatable bonds is 3. The summed E-state index contributed by atoms with van der Waals surface area (Å²) in [6.07, 6.45) is 2.30. The lowest BCUT2D eigenvalue weighted by atomic mass is 9.83. The summed E-state index contributed by atoms with van der Waals surface area (Å²) in [5.41, 5.74) is 0.756. The van der Waals surface area contributed by atoms with Crippen molar-refractivity contribution in [1.29, 1.82) is 0 Å². The van der Waals surface area contributed by atoms with E-state index in [4.69, 9.17) is 9.47 Å². The van der Waals surface area contributed by atoms with Gasteiger partial charge in [-0.3, -0.25) is 4.79 Å². The van der Waals surface area contributed by atoms with E-state index >= 15 is 0 Å². The van der Waals surface area contributed by atoms with Gasteiger partial charge in [-0.1, -0.05) is 6.92 Å². The summed E-state index contributed by atoms with van der Waals surface area (Å²) < 4.78 is 10.5. The van der Waals surface area contributed by atoms with Crippen LogP contribution in [-0.2, 0) is 0 Å². The zero-order valence-electron chi connectivity index (χ0n) is 11.7. The highest BCUT2D eigenvalue weighted by atomic mass is 16.7. The van der Waals surface area contributed by atoms with Crippen LogP contribution >= 0.6 is 0 Å². The molecule has 5 nitrogen and oxygen atoms in total. The molecule has 1 amide bonds. The van der Waals surface area contributed by atoms with Gasteiger partial charge in [0.15, 0.2) is 11.5 Å². The smallest absolute Gasteiger partial charge is 0.251 e. The Morgan fingerprint density at radius 1 is 1.40 bits per heavy atom. The number of hydrogen-bond acceptors (Lipinski definition) is 4. The van der Waals surface area contributed by atoms with Gasteiger partial charge in [-0.2, -0.15) is 0 Å². The SMILES string of the molecule is CC1(CNC(=O)c2ccc3c(c2)OCO3)CCCNC1. The van der Waals surface area contributed by atoms with E-state index in [1.54, 1.807) is 18.2 Å². The van der Waals surface area contributed by atoms with Crippen molar-refractivity contribution in [2.75, 3.05) is 26.4 Å². The summed E-state index contributed by atoms with van der Waals surface area (Å²) in [5.74, 6) is 1.28. The van der Waals surface area contributed by atoms with Crippen molar-refractivity contribution < 1.29 is 14.3 Å². The molecule has 0 bridgehead atoms. The van der Waals surface area contributed by atoms with Gasteiger partial charge in [0, 0.05) is 18.7 Å². The van der Waals surface area contributed by atoms with E-state index in [0.717, 1.165) is 25.9 Å². The summed E-state index contributed by atoms with van der Waals surface area (Å²) in [5, 5.41) is 6.41. The molecule has 5 heteroatoms. The van der Waals surface area contributed by atoms with Crippen molar-refractivity contribution in [2.45, 2.75) is 19.8 Å². The van der Waals surface area contributed by atoms with Gasteiger partial charge in [0.05, 0.1) is 0 Å². The predicted octanol–water partition coefficient (Wildman–Crippen LogP) is 1.53. The second-order valence-corrected chi connectivity index (χ2v) is 5.84. The first kappa shape index (κ1) is 13.2. The van der Waals surface area contributed by atoms with Gasteiger partial charge >= 0.3 is 0 Å². The van der Waals surface area contributed by atoms with Crippen LogP contribution in [0.3, 0.4) is 0 Å². The van der Waals surface area contributed by atoms with E-state index in [0.29, 0.717) is 23.6 Å². The lowest BCUT2D eigenvalue weighted by Crippen LogP contribution is -2.45. The minimum absolute atomic E-state index is 0.0601. The molecule has 2 aliphatic rings. The fraction of sp³-hybridized carbons (Fsp3) is 0.533. The zero-order chi connectivity index (χ0) is 14.0. The van der Waals surface area contributed by atoms with Crippen LogP contribution in [0.5, 0.6) is 11.5 Å². The lowest BCUT2D eigenvalue weighted by Gasteiger charge is -2.34. The number of piperidine rings is 1. The number of nitrogens with one attached hydrogen (secondary N) is 2. The van der Waals surface area contributed by atoms with Crippen LogP contribution in [0.25, 0.3) is 0 Å². The molecule has 108 valence electrons. The topological polar surface area (TPSA) is 59.6 Å². The fourth-order valence-corrected chi connectivity index (χ4v) is 2.70. The normalized spacial score (nSPS) is 24.4. The molecule has 20 heavy (non-hydrogen) atoms. The molecule has 0 spiro atoms. The van der Waals surface area contributed by atoms with Crippen LogP contribution < -0.4 is 20.1 Å². The third-order valence-electron chi connectivity index (χ3n) is 4.00. The quantitative estimate of drug-likeness (QED) is 0.879. The summed E-state index contributed by atoms with van der Waals surface area (Å²) in [6, 6.07) is 5.28. The molecule has 0 aliphatic carbocycles. The number of ether oxygens (including phenoxy) is 2. The molecule has 2 heterocycles. The average molecular weight is 276 g/mol. The minimum atomic E-state index is -0.0601. The van der Waals surface area contributed by atoms with Crippen molar-refractivity contribution in [3.63, 3.8) is 0 Å². The van der Waals surface area contributed by atoms with Gasteiger partial charge in [0.2, 0.25) is 6.79 Å². The van der Waals surface area contributed by atoms with Crippen LogP contribution in [0.1, 0.15) is 30.1 Å². The summed E-state index contributed by atoms with van der Waals surface area (Å²) in [6.45, 7) is 5.15. The molecule has 1 aromatic carbocycles. The monoisotopic (exact) mass is 276 g/mol. The maximum absolute atomic E-state index is 12.2. The van der Waals surface area contributed by atoms with Crippen LogP contribution in [0, 0.1) is 5.41 Å². The standard InChI is InChI=1S/C15H20N2O3/c1-15(5-2-6-16-8-15)9-17-14(18)11-3-4-12-13(7-11)20-10-19-12/h3-4,7,16H,2,5-6,8-10H2,1H3,(H,17,18). The molecule has 0 radical (unpaired) electrons. The Balaban J connectivity index is 1.61. The Morgan fingerprint density at radius 3 is 3.05 bits per heavy atom. The molecule has 1 saturated heterocycles. The highest BCUT2D eigenvalue weighted by molar-refractivity contribution is 5.94. The Bertz CT molecular complexity index is 510. The molecule has 1 atom stereocenters. The van der Waals surface area contributed by atoms with E-state index in [1.165, 1.54) is 0 Å². The summed E-state index contributed by atoms with van der Waals surface area (Å²) >= 11 is 0.